The number of nitrogens with zero attached hydrogens (tertiary/aromatic N) is 2. The highest BCUT2D eigenvalue weighted by molar-refractivity contribution is 5.82. The fourth-order valence-electron chi connectivity index (χ4n) is 1.80. The van der Waals surface area contributed by atoms with E-state index in [0.29, 0.717) is 19.6 Å². The van der Waals surface area contributed by atoms with Gasteiger partial charge in [0.25, 0.3) is 0 Å². The molecule has 5 heteroatoms. The zero-order chi connectivity index (χ0) is 13.2. The third-order valence-corrected chi connectivity index (χ3v) is 2.77. The van der Waals surface area contributed by atoms with Crippen molar-refractivity contribution in [1.29, 1.82) is 0 Å². The van der Waals surface area contributed by atoms with E-state index in [0.717, 1.165) is 0 Å². The molecule has 0 aromatic heterocycles. The molecule has 0 spiro atoms. The topological polar surface area (TPSA) is 49.9 Å². The predicted octanol–water partition coefficient (Wildman–Crippen LogP) is 1.13. The van der Waals surface area contributed by atoms with Crippen LogP contribution in [0.1, 0.15) is 27.7 Å². The van der Waals surface area contributed by atoms with E-state index in [9.17, 15) is 9.59 Å². The minimum atomic E-state index is -0.494. The van der Waals surface area contributed by atoms with Crippen molar-refractivity contribution in [3.8, 4) is 0 Å². The van der Waals surface area contributed by atoms with Gasteiger partial charge in [0.05, 0.1) is 6.04 Å². The van der Waals surface area contributed by atoms with Crippen LogP contribution in [-0.2, 0) is 9.53 Å². The molecule has 98 valence electrons. The lowest BCUT2D eigenvalue weighted by molar-refractivity contribution is -0.123. The molecule has 0 N–H and O–H groups in total. The summed E-state index contributed by atoms with van der Waals surface area (Å²) in [5.41, 5.74) is -0.494. The van der Waals surface area contributed by atoms with E-state index in [1.54, 1.807) is 11.8 Å². The van der Waals surface area contributed by atoms with Crippen LogP contribution in [-0.4, -0.2) is 60.0 Å². The fourth-order valence-corrected chi connectivity index (χ4v) is 1.80. The maximum Gasteiger partial charge on any atom is 0.410 e. The normalized spacial score (nSPS) is 22.4. The van der Waals surface area contributed by atoms with Crippen molar-refractivity contribution >= 4 is 11.9 Å². The van der Waals surface area contributed by atoms with Gasteiger partial charge in [-0.1, -0.05) is 0 Å². The molecule has 1 atom stereocenters. The summed E-state index contributed by atoms with van der Waals surface area (Å²) in [4.78, 5) is 26.9. The number of carbonyl (C=O) groups excluding carboxylic acids is 2. The van der Waals surface area contributed by atoms with Gasteiger partial charge in [-0.2, -0.15) is 0 Å². The highest BCUT2D eigenvalue weighted by Crippen LogP contribution is 2.14. The molecule has 0 bridgehead atoms. The Morgan fingerprint density at radius 3 is 2.29 bits per heavy atom. The minimum absolute atomic E-state index is 0.0840. The van der Waals surface area contributed by atoms with Gasteiger partial charge in [0, 0.05) is 19.6 Å². The van der Waals surface area contributed by atoms with Crippen LogP contribution < -0.4 is 0 Å². The van der Waals surface area contributed by atoms with Crippen LogP contribution in [0.4, 0.5) is 4.79 Å². The Morgan fingerprint density at radius 1 is 1.24 bits per heavy atom. The van der Waals surface area contributed by atoms with Crippen molar-refractivity contribution in [2.75, 3.05) is 26.7 Å². The highest BCUT2D eigenvalue weighted by Gasteiger charge is 2.32. The van der Waals surface area contributed by atoms with E-state index in [1.807, 2.05) is 32.7 Å². The number of carbonyl (C=O) groups is 2. The van der Waals surface area contributed by atoms with Crippen LogP contribution in [0, 0.1) is 0 Å². The number of hydrogen-bond acceptors (Lipinski definition) is 4. The van der Waals surface area contributed by atoms with E-state index < -0.39 is 5.60 Å². The Hall–Kier alpha value is -1.10. The molecule has 5 nitrogen and oxygen atoms in total. The van der Waals surface area contributed by atoms with Crippen LogP contribution >= 0.6 is 0 Å². The Bertz CT molecular complexity index is 309. The molecule has 1 unspecified atom stereocenters. The largest absolute Gasteiger partial charge is 0.444 e. The van der Waals surface area contributed by atoms with Gasteiger partial charge in [-0.05, 0) is 34.7 Å². The second-order valence-electron chi connectivity index (χ2n) is 5.53. The van der Waals surface area contributed by atoms with Crippen molar-refractivity contribution in [1.82, 2.24) is 9.80 Å². The summed E-state index contributed by atoms with van der Waals surface area (Å²) >= 11 is 0. The first-order valence-corrected chi connectivity index (χ1v) is 5.89. The molecule has 1 aliphatic heterocycles. The molecule has 0 radical (unpaired) electrons. The fraction of sp³-hybridized carbons (Fsp3) is 0.833. The lowest BCUT2D eigenvalue weighted by atomic mass is 10.1. The summed E-state index contributed by atoms with van der Waals surface area (Å²) in [5.74, 6) is 0.0840. The summed E-state index contributed by atoms with van der Waals surface area (Å²) in [6, 6.07) is -0.212. The summed E-state index contributed by atoms with van der Waals surface area (Å²) < 4.78 is 5.30. The molecular formula is C12H22N2O3. The third-order valence-electron chi connectivity index (χ3n) is 2.77. The number of rotatable bonds is 1. The maximum absolute atomic E-state index is 11.9. The monoisotopic (exact) mass is 242 g/mol. The summed E-state index contributed by atoms with van der Waals surface area (Å²) in [6.45, 7) is 8.79. The SMILES string of the molecule is CC(=O)C1CN(C(=O)OC(C)(C)C)CCN1C. The Balaban J connectivity index is 2.62. The quantitative estimate of drug-likeness (QED) is 0.691. The van der Waals surface area contributed by atoms with Gasteiger partial charge < -0.3 is 9.64 Å². The van der Waals surface area contributed by atoms with Gasteiger partial charge in [0.1, 0.15) is 11.4 Å². The van der Waals surface area contributed by atoms with Crippen LogP contribution in [0.2, 0.25) is 0 Å². The second-order valence-corrected chi connectivity index (χ2v) is 5.53. The highest BCUT2D eigenvalue weighted by atomic mass is 16.6. The first-order valence-electron chi connectivity index (χ1n) is 5.89. The first-order chi connectivity index (χ1) is 7.70. The summed E-state index contributed by atoms with van der Waals surface area (Å²) in [7, 11) is 1.90. The van der Waals surface area contributed by atoms with Crippen molar-refractivity contribution in [3.05, 3.63) is 0 Å². The molecule has 1 fully saturated rings. The molecule has 1 saturated heterocycles. The number of hydrogen-bond donors (Lipinski definition) is 0. The van der Waals surface area contributed by atoms with Crippen LogP contribution in [0.15, 0.2) is 0 Å². The average molecular weight is 242 g/mol. The smallest absolute Gasteiger partial charge is 0.410 e. The van der Waals surface area contributed by atoms with E-state index >= 15 is 0 Å². The van der Waals surface area contributed by atoms with Gasteiger partial charge in [0.15, 0.2) is 0 Å². The van der Waals surface area contributed by atoms with Crippen molar-refractivity contribution in [3.63, 3.8) is 0 Å². The Labute approximate surface area is 103 Å². The van der Waals surface area contributed by atoms with Crippen molar-refractivity contribution in [2.24, 2.45) is 0 Å². The maximum atomic E-state index is 11.9. The van der Waals surface area contributed by atoms with E-state index in [1.165, 1.54) is 0 Å². The van der Waals surface area contributed by atoms with Gasteiger partial charge in [-0.15, -0.1) is 0 Å². The van der Waals surface area contributed by atoms with E-state index in [4.69, 9.17) is 4.74 Å². The number of piperazine rings is 1. The van der Waals surface area contributed by atoms with Crippen LogP contribution in [0.25, 0.3) is 0 Å². The van der Waals surface area contributed by atoms with Crippen LogP contribution in [0.5, 0.6) is 0 Å². The lowest BCUT2D eigenvalue weighted by Crippen LogP contribution is -2.56. The molecule has 0 aromatic rings. The van der Waals surface area contributed by atoms with Gasteiger partial charge in [-0.25, -0.2) is 4.79 Å². The molecule has 0 aliphatic carbocycles. The Kier molecular flexibility index (Phi) is 4.14. The minimum Gasteiger partial charge on any atom is -0.444 e. The molecule has 17 heavy (non-hydrogen) atoms. The average Bonchev–Trinajstić information content (AvgIpc) is 2.14. The molecular weight excluding hydrogens is 220 g/mol. The van der Waals surface area contributed by atoms with Gasteiger partial charge in [0.2, 0.25) is 0 Å². The van der Waals surface area contributed by atoms with Crippen molar-refractivity contribution < 1.29 is 14.3 Å². The summed E-state index contributed by atoms with van der Waals surface area (Å²) in [6.07, 6.45) is -0.336. The number of Topliss-reactive ketones (excluding diaryl/α,β-unsaturated/α-hetero) is 1. The summed E-state index contributed by atoms with van der Waals surface area (Å²) in [5, 5.41) is 0. The second kappa shape index (κ2) is 5.04. The molecule has 1 amide bonds. The lowest BCUT2D eigenvalue weighted by Gasteiger charge is -2.38. The van der Waals surface area contributed by atoms with E-state index in [-0.39, 0.29) is 17.9 Å². The molecule has 0 aromatic carbocycles. The zero-order valence-electron chi connectivity index (χ0n) is 11.3. The Morgan fingerprint density at radius 2 is 1.82 bits per heavy atom. The molecule has 1 aliphatic rings. The number of amides is 1. The van der Waals surface area contributed by atoms with E-state index in [2.05, 4.69) is 0 Å². The molecule has 1 heterocycles. The third kappa shape index (κ3) is 4.00. The number of likely N-dealkylation sites (N-methyl/N-ethyl adjacent to an activating group) is 1. The van der Waals surface area contributed by atoms with Crippen molar-refractivity contribution in [2.45, 2.75) is 39.3 Å². The van der Waals surface area contributed by atoms with Crippen LogP contribution in [0.3, 0.4) is 0 Å². The first kappa shape index (κ1) is 14.0. The van der Waals surface area contributed by atoms with Gasteiger partial charge >= 0.3 is 6.09 Å². The molecule has 1 rings (SSSR count). The predicted molar refractivity (Wildman–Crippen MR) is 64.9 cm³/mol. The molecule has 0 saturated carbocycles. The number of ether oxygens (including phenoxy) is 1. The zero-order valence-corrected chi connectivity index (χ0v) is 11.3. The van der Waals surface area contributed by atoms with Gasteiger partial charge in [-0.3, -0.25) is 9.69 Å². The number of ketones is 1. The standard InChI is InChI=1S/C12H22N2O3/c1-9(15)10-8-14(7-6-13(10)5)11(16)17-12(2,3)4/h10H,6-8H2,1-5H3.